The molecule has 4 aromatic carbocycles. The van der Waals surface area contributed by atoms with Crippen LogP contribution in [0.1, 0.15) is 10.4 Å². The molecular weight excluding hydrogens is 558 g/mol. The number of thioether (sulfide) groups is 1. The second kappa shape index (κ2) is 12.0. The van der Waals surface area contributed by atoms with Crippen LogP contribution in [0.3, 0.4) is 0 Å². The molecule has 6 rings (SSSR count). The zero-order chi connectivity index (χ0) is 28.2. The lowest BCUT2D eigenvalue weighted by Crippen LogP contribution is -2.48. The Labute approximate surface area is 246 Å². The van der Waals surface area contributed by atoms with Crippen molar-refractivity contribution in [1.82, 2.24) is 15.1 Å². The number of anilines is 2. The Morgan fingerprint density at radius 3 is 2.37 bits per heavy atom. The van der Waals surface area contributed by atoms with E-state index in [1.807, 2.05) is 77.7 Å². The molecule has 5 aromatic rings. The molecule has 1 aliphatic heterocycles. The second-order valence-electron chi connectivity index (χ2n) is 9.58. The highest BCUT2D eigenvalue weighted by atomic mass is 35.5. The summed E-state index contributed by atoms with van der Waals surface area (Å²) >= 11 is 7.40. The molecule has 0 aliphatic carbocycles. The van der Waals surface area contributed by atoms with E-state index in [0.29, 0.717) is 53.6 Å². The minimum atomic E-state index is -0.167. The van der Waals surface area contributed by atoms with E-state index in [2.05, 4.69) is 26.5 Å². The van der Waals surface area contributed by atoms with E-state index in [1.165, 1.54) is 11.8 Å². The first-order chi connectivity index (χ1) is 20.0. The van der Waals surface area contributed by atoms with E-state index in [9.17, 15) is 9.59 Å². The highest BCUT2D eigenvalue weighted by molar-refractivity contribution is 7.99. The fourth-order valence-electron chi connectivity index (χ4n) is 4.76. The van der Waals surface area contributed by atoms with Crippen LogP contribution in [0.4, 0.5) is 11.4 Å². The van der Waals surface area contributed by atoms with Gasteiger partial charge in [0.2, 0.25) is 11.8 Å². The number of rotatable bonds is 7. The van der Waals surface area contributed by atoms with Gasteiger partial charge in [-0.2, -0.15) is 0 Å². The number of amides is 2. The van der Waals surface area contributed by atoms with Crippen LogP contribution in [0.5, 0.6) is 0 Å². The van der Waals surface area contributed by atoms with Gasteiger partial charge in [0.05, 0.1) is 16.3 Å². The van der Waals surface area contributed by atoms with E-state index >= 15 is 0 Å². The first kappa shape index (κ1) is 26.9. The topological polar surface area (TPSA) is 91.6 Å². The van der Waals surface area contributed by atoms with Crippen molar-refractivity contribution < 1.29 is 14.0 Å². The van der Waals surface area contributed by atoms with Crippen LogP contribution in [-0.4, -0.2) is 58.8 Å². The quantitative estimate of drug-likeness (QED) is 0.227. The summed E-state index contributed by atoms with van der Waals surface area (Å²) in [6, 6.07) is 28.9. The van der Waals surface area contributed by atoms with Gasteiger partial charge in [-0.3, -0.25) is 9.59 Å². The number of hydrogen-bond donors (Lipinski definition) is 1. The van der Waals surface area contributed by atoms with Gasteiger partial charge in [0.25, 0.3) is 11.1 Å². The molecule has 1 N–H and O–H groups in total. The second-order valence-corrected chi connectivity index (χ2v) is 10.9. The summed E-state index contributed by atoms with van der Waals surface area (Å²) < 4.78 is 5.78. The molecule has 206 valence electrons. The maximum Gasteiger partial charge on any atom is 0.277 e. The van der Waals surface area contributed by atoms with Crippen LogP contribution >= 0.6 is 23.4 Å². The number of halogens is 1. The smallest absolute Gasteiger partial charge is 0.277 e. The average molecular weight is 584 g/mol. The number of nitrogens with one attached hydrogen (secondary N) is 1. The SMILES string of the molecule is O=C(CSc1nnc(-c2ccc3ccccc3c2)o1)Nc1ccc(N2CCN(C(=O)c3ccccc3Cl)CC2)cc1. The average Bonchev–Trinajstić information content (AvgIpc) is 3.49. The molecule has 0 atom stereocenters. The van der Waals surface area contributed by atoms with E-state index in [-0.39, 0.29) is 17.6 Å². The number of carbonyl (C=O) groups excluding carboxylic acids is 2. The lowest BCUT2D eigenvalue weighted by atomic mass is 10.1. The maximum atomic E-state index is 12.8. The largest absolute Gasteiger partial charge is 0.411 e. The molecule has 0 radical (unpaired) electrons. The normalized spacial score (nSPS) is 13.4. The first-order valence-electron chi connectivity index (χ1n) is 13.2. The van der Waals surface area contributed by atoms with Gasteiger partial charge in [0.15, 0.2) is 0 Å². The molecule has 1 saturated heterocycles. The fraction of sp³-hybridized carbons (Fsp3) is 0.161. The number of carbonyl (C=O) groups is 2. The van der Waals surface area contributed by atoms with Crippen LogP contribution in [0, 0.1) is 0 Å². The summed E-state index contributed by atoms with van der Waals surface area (Å²) in [4.78, 5) is 29.4. The number of nitrogens with zero attached hydrogens (tertiary/aromatic N) is 4. The monoisotopic (exact) mass is 583 g/mol. The van der Waals surface area contributed by atoms with Gasteiger partial charge in [-0.15, -0.1) is 10.2 Å². The van der Waals surface area contributed by atoms with Crippen molar-refractivity contribution in [1.29, 1.82) is 0 Å². The highest BCUT2D eigenvalue weighted by Gasteiger charge is 2.23. The predicted molar refractivity (Wildman–Crippen MR) is 163 cm³/mol. The molecule has 1 fully saturated rings. The lowest BCUT2D eigenvalue weighted by molar-refractivity contribution is -0.113. The number of fused-ring (bicyclic) bond motifs is 1. The molecule has 2 amide bonds. The Bertz CT molecular complexity index is 1700. The number of hydrogen-bond acceptors (Lipinski definition) is 7. The Morgan fingerprint density at radius 2 is 1.59 bits per heavy atom. The van der Waals surface area contributed by atoms with Gasteiger partial charge in [0.1, 0.15) is 0 Å². The van der Waals surface area contributed by atoms with Gasteiger partial charge >= 0.3 is 0 Å². The van der Waals surface area contributed by atoms with E-state index in [0.717, 1.165) is 22.0 Å². The Hall–Kier alpha value is -4.34. The molecule has 8 nitrogen and oxygen atoms in total. The molecule has 0 saturated carbocycles. The van der Waals surface area contributed by atoms with Crippen molar-refractivity contribution in [2.75, 3.05) is 42.1 Å². The van der Waals surface area contributed by atoms with Gasteiger partial charge in [-0.25, -0.2) is 0 Å². The van der Waals surface area contributed by atoms with Crippen LogP contribution in [0.15, 0.2) is 101 Å². The number of benzene rings is 4. The Kier molecular flexibility index (Phi) is 7.89. The number of aromatic nitrogens is 2. The third-order valence-electron chi connectivity index (χ3n) is 6.92. The predicted octanol–water partition coefficient (Wildman–Crippen LogP) is 6.24. The van der Waals surface area contributed by atoms with Crippen molar-refractivity contribution in [3.05, 3.63) is 102 Å². The van der Waals surface area contributed by atoms with Gasteiger partial charge in [-0.05, 0) is 59.3 Å². The number of piperazine rings is 1. The molecule has 1 aromatic heterocycles. The van der Waals surface area contributed by atoms with Crippen molar-refractivity contribution in [3.63, 3.8) is 0 Å². The standard InChI is InChI=1S/C31H26ClN5O3S/c32-27-8-4-3-7-26(27)30(39)37-17-15-36(16-18-37)25-13-11-24(12-14-25)33-28(38)20-41-31-35-34-29(40-31)23-10-9-21-5-1-2-6-22(21)19-23/h1-14,19H,15-18,20H2,(H,33,38). The zero-order valence-corrected chi connectivity index (χ0v) is 23.6. The molecule has 2 heterocycles. The van der Waals surface area contributed by atoms with Crippen molar-refractivity contribution in [2.24, 2.45) is 0 Å². The van der Waals surface area contributed by atoms with Crippen molar-refractivity contribution in [3.8, 4) is 11.5 Å². The van der Waals surface area contributed by atoms with Crippen LogP contribution in [-0.2, 0) is 4.79 Å². The fourth-order valence-corrected chi connectivity index (χ4v) is 5.54. The molecule has 0 bridgehead atoms. The molecule has 41 heavy (non-hydrogen) atoms. The van der Waals surface area contributed by atoms with Gasteiger partial charge < -0.3 is 19.5 Å². The summed E-state index contributed by atoms with van der Waals surface area (Å²) in [6.45, 7) is 2.64. The zero-order valence-electron chi connectivity index (χ0n) is 22.0. The molecule has 0 unspecified atom stereocenters. The summed E-state index contributed by atoms with van der Waals surface area (Å²) in [7, 11) is 0. The van der Waals surface area contributed by atoms with Crippen LogP contribution in [0.2, 0.25) is 5.02 Å². The first-order valence-corrected chi connectivity index (χ1v) is 14.5. The summed E-state index contributed by atoms with van der Waals surface area (Å²) in [5.41, 5.74) is 3.11. The highest BCUT2D eigenvalue weighted by Crippen LogP contribution is 2.27. The summed E-state index contributed by atoms with van der Waals surface area (Å²) in [6.07, 6.45) is 0. The summed E-state index contributed by atoms with van der Waals surface area (Å²) in [5.74, 6) is 0.350. The molecule has 0 spiro atoms. The third-order valence-corrected chi connectivity index (χ3v) is 8.07. The third kappa shape index (κ3) is 6.21. The van der Waals surface area contributed by atoms with Crippen molar-refractivity contribution in [2.45, 2.75) is 5.22 Å². The summed E-state index contributed by atoms with van der Waals surface area (Å²) in [5, 5.41) is 14.2. The van der Waals surface area contributed by atoms with Gasteiger partial charge in [0, 0.05) is 43.1 Å². The molecule has 10 heteroatoms. The van der Waals surface area contributed by atoms with Crippen molar-refractivity contribution >= 4 is 57.3 Å². The Morgan fingerprint density at radius 1 is 0.854 bits per heavy atom. The molecule has 1 aliphatic rings. The van der Waals surface area contributed by atoms with E-state index in [1.54, 1.807) is 12.1 Å². The van der Waals surface area contributed by atoms with Gasteiger partial charge in [-0.1, -0.05) is 65.8 Å². The minimum Gasteiger partial charge on any atom is -0.411 e. The Balaban J connectivity index is 0.985. The van der Waals surface area contributed by atoms with Crippen LogP contribution < -0.4 is 10.2 Å². The minimum absolute atomic E-state index is 0.0448. The van der Waals surface area contributed by atoms with E-state index < -0.39 is 0 Å². The lowest BCUT2D eigenvalue weighted by Gasteiger charge is -2.36. The maximum absolute atomic E-state index is 12.8. The van der Waals surface area contributed by atoms with Crippen LogP contribution in [0.25, 0.3) is 22.2 Å². The molecular formula is C31H26ClN5O3S. The van der Waals surface area contributed by atoms with E-state index in [4.69, 9.17) is 16.0 Å².